The molecule has 0 radical (unpaired) electrons. The molecule has 17 heavy (non-hydrogen) atoms. The molecule has 1 rings (SSSR count). The van der Waals surface area contributed by atoms with Crippen LogP contribution in [0.1, 0.15) is 25.8 Å². The molecule has 0 saturated carbocycles. The van der Waals surface area contributed by atoms with Crippen LogP contribution in [0.3, 0.4) is 0 Å². The quantitative estimate of drug-likeness (QED) is 0.766. The third-order valence-corrected chi connectivity index (χ3v) is 2.77. The van der Waals surface area contributed by atoms with Crippen molar-refractivity contribution in [3.05, 3.63) is 29.8 Å². The molecule has 0 bridgehead atoms. The first-order valence-corrected chi connectivity index (χ1v) is 5.67. The summed E-state index contributed by atoms with van der Waals surface area (Å²) in [6.45, 7) is 4.52. The molecule has 2 N–H and O–H groups in total. The van der Waals surface area contributed by atoms with E-state index in [1.165, 1.54) is 7.11 Å². The van der Waals surface area contributed by atoms with Gasteiger partial charge in [0, 0.05) is 0 Å². The smallest absolute Gasteiger partial charge is 0.330 e. The molecule has 0 heterocycles. The highest BCUT2D eigenvalue weighted by molar-refractivity contribution is 5.82. The minimum absolute atomic E-state index is 0.177. The zero-order valence-corrected chi connectivity index (χ0v) is 10.5. The normalized spacial score (nSPS) is 14.1. The molecule has 1 aromatic carbocycles. The molecule has 1 aromatic rings. The van der Waals surface area contributed by atoms with E-state index in [0.717, 1.165) is 12.0 Å². The third kappa shape index (κ3) is 2.97. The summed E-state index contributed by atoms with van der Waals surface area (Å²) in [5.74, 6) is -0.159. The number of carbonyl (C=O) groups excluding carboxylic acids is 1. The summed E-state index contributed by atoms with van der Waals surface area (Å²) in [5.41, 5.74) is -0.103. The van der Waals surface area contributed by atoms with Gasteiger partial charge in [0.05, 0.1) is 7.11 Å². The summed E-state index contributed by atoms with van der Waals surface area (Å²) in [7, 11) is 1.37. The van der Waals surface area contributed by atoms with Crippen molar-refractivity contribution in [3.8, 4) is 5.75 Å². The zero-order valence-electron chi connectivity index (χ0n) is 10.5. The van der Waals surface area contributed by atoms with Gasteiger partial charge in [0.25, 0.3) is 0 Å². The highest BCUT2D eigenvalue weighted by atomic mass is 16.5. The number of benzene rings is 1. The largest absolute Gasteiger partial charge is 0.508 e. The van der Waals surface area contributed by atoms with Gasteiger partial charge in [-0.15, -0.1) is 0 Å². The van der Waals surface area contributed by atoms with Gasteiger partial charge in [-0.25, -0.2) is 4.79 Å². The number of rotatable bonds is 5. The zero-order chi connectivity index (χ0) is 12.9. The lowest BCUT2D eigenvalue weighted by Gasteiger charge is -2.28. The molecule has 94 valence electrons. The Morgan fingerprint density at radius 1 is 1.41 bits per heavy atom. The topological polar surface area (TPSA) is 58.6 Å². The maximum Gasteiger partial charge on any atom is 0.330 e. The summed E-state index contributed by atoms with van der Waals surface area (Å²) in [6.07, 6.45) is 0.921. The predicted octanol–water partition coefficient (Wildman–Crippen LogP) is 1.78. The Morgan fingerprint density at radius 2 is 2.00 bits per heavy atom. The molecule has 4 heteroatoms. The first-order chi connectivity index (χ1) is 8.04. The van der Waals surface area contributed by atoms with Crippen LogP contribution in [0.2, 0.25) is 0 Å². The van der Waals surface area contributed by atoms with Crippen LogP contribution in [0.15, 0.2) is 24.3 Å². The number of phenols is 1. The number of esters is 1. The molecule has 4 nitrogen and oxygen atoms in total. The minimum Gasteiger partial charge on any atom is -0.508 e. The van der Waals surface area contributed by atoms with E-state index in [0.29, 0.717) is 6.54 Å². The van der Waals surface area contributed by atoms with Crippen molar-refractivity contribution in [2.24, 2.45) is 0 Å². The number of methoxy groups -OCH3 is 1. The number of hydrogen-bond donors (Lipinski definition) is 2. The van der Waals surface area contributed by atoms with E-state index >= 15 is 0 Å². The Labute approximate surface area is 102 Å². The van der Waals surface area contributed by atoms with Crippen molar-refractivity contribution in [1.29, 1.82) is 0 Å². The van der Waals surface area contributed by atoms with Crippen LogP contribution in [0, 0.1) is 0 Å². The summed E-state index contributed by atoms with van der Waals surface area (Å²) >= 11 is 0. The van der Waals surface area contributed by atoms with Crippen molar-refractivity contribution in [2.75, 3.05) is 13.7 Å². The van der Waals surface area contributed by atoms with Crippen molar-refractivity contribution in [1.82, 2.24) is 5.32 Å². The van der Waals surface area contributed by atoms with Gasteiger partial charge in [0.2, 0.25) is 0 Å². The summed E-state index contributed by atoms with van der Waals surface area (Å²) < 4.78 is 4.83. The minimum atomic E-state index is -0.877. The van der Waals surface area contributed by atoms with Crippen LogP contribution in [-0.2, 0) is 15.1 Å². The van der Waals surface area contributed by atoms with E-state index in [9.17, 15) is 9.90 Å². The third-order valence-electron chi connectivity index (χ3n) is 2.77. The van der Waals surface area contributed by atoms with Gasteiger partial charge < -0.3 is 9.84 Å². The maximum absolute atomic E-state index is 11.9. The Kier molecular flexibility index (Phi) is 4.52. The van der Waals surface area contributed by atoms with Gasteiger partial charge in [-0.2, -0.15) is 0 Å². The van der Waals surface area contributed by atoms with Crippen molar-refractivity contribution >= 4 is 5.97 Å². The van der Waals surface area contributed by atoms with E-state index in [1.807, 2.05) is 6.92 Å². The van der Waals surface area contributed by atoms with Gasteiger partial charge >= 0.3 is 5.97 Å². The molecule has 0 spiro atoms. The van der Waals surface area contributed by atoms with Crippen molar-refractivity contribution in [2.45, 2.75) is 25.8 Å². The lowest BCUT2D eigenvalue weighted by atomic mass is 9.91. The molecular formula is C13H19NO3. The molecule has 0 aliphatic rings. The Bertz CT molecular complexity index is 375. The molecular weight excluding hydrogens is 218 g/mol. The fourth-order valence-electron chi connectivity index (χ4n) is 1.67. The average Bonchev–Trinajstić information content (AvgIpc) is 2.35. The lowest BCUT2D eigenvalue weighted by molar-refractivity contribution is -0.148. The molecule has 0 aliphatic carbocycles. The molecule has 0 aromatic heterocycles. The predicted molar refractivity (Wildman–Crippen MR) is 65.8 cm³/mol. The van der Waals surface area contributed by atoms with Gasteiger partial charge in [0.1, 0.15) is 11.3 Å². The summed E-state index contributed by atoms with van der Waals surface area (Å²) in [4.78, 5) is 11.9. The SMILES string of the molecule is CCCNC(C)(C(=O)OC)c1ccc(O)cc1. The number of phenolic OH excluding ortho intramolecular Hbond substituents is 1. The van der Waals surface area contributed by atoms with Crippen LogP contribution >= 0.6 is 0 Å². The fourth-order valence-corrected chi connectivity index (χ4v) is 1.67. The second kappa shape index (κ2) is 5.68. The van der Waals surface area contributed by atoms with Crippen LogP contribution in [0.5, 0.6) is 5.75 Å². The number of nitrogens with one attached hydrogen (secondary N) is 1. The molecule has 0 fully saturated rings. The fraction of sp³-hybridized carbons (Fsp3) is 0.462. The van der Waals surface area contributed by atoms with E-state index in [-0.39, 0.29) is 11.7 Å². The van der Waals surface area contributed by atoms with Gasteiger partial charge in [-0.3, -0.25) is 5.32 Å². The molecule has 0 aliphatic heterocycles. The van der Waals surface area contributed by atoms with Crippen molar-refractivity contribution < 1.29 is 14.6 Å². The molecule has 1 atom stereocenters. The summed E-state index contributed by atoms with van der Waals surface area (Å²) in [6, 6.07) is 6.55. The Morgan fingerprint density at radius 3 is 2.47 bits per heavy atom. The highest BCUT2D eigenvalue weighted by Gasteiger charge is 2.35. The standard InChI is InChI=1S/C13H19NO3/c1-4-9-14-13(2,12(16)17-3)10-5-7-11(15)8-6-10/h5-8,14-15H,4,9H2,1-3H3. The summed E-state index contributed by atoms with van der Waals surface area (Å²) in [5, 5.41) is 12.4. The number of ether oxygens (including phenoxy) is 1. The monoisotopic (exact) mass is 237 g/mol. The van der Waals surface area contributed by atoms with E-state index < -0.39 is 5.54 Å². The van der Waals surface area contributed by atoms with E-state index in [4.69, 9.17) is 4.74 Å². The van der Waals surface area contributed by atoms with Crippen molar-refractivity contribution in [3.63, 3.8) is 0 Å². The van der Waals surface area contributed by atoms with Crippen LogP contribution < -0.4 is 5.32 Å². The lowest BCUT2D eigenvalue weighted by Crippen LogP contribution is -2.47. The van der Waals surface area contributed by atoms with Gasteiger partial charge in [-0.05, 0) is 37.6 Å². The van der Waals surface area contributed by atoms with E-state index in [1.54, 1.807) is 31.2 Å². The van der Waals surface area contributed by atoms with Crippen LogP contribution in [-0.4, -0.2) is 24.7 Å². The van der Waals surface area contributed by atoms with Gasteiger partial charge in [0.15, 0.2) is 0 Å². The second-order valence-corrected chi connectivity index (χ2v) is 4.09. The first kappa shape index (κ1) is 13.5. The van der Waals surface area contributed by atoms with E-state index in [2.05, 4.69) is 5.32 Å². The van der Waals surface area contributed by atoms with Crippen LogP contribution in [0.4, 0.5) is 0 Å². The molecule has 1 unspecified atom stereocenters. The number of hydrogen-bond acceptors (Lipinski definition) is 4. The van der Waals surface area contributed by atoms with Crippen LogP contribution in [0.25, 0.3) is 0 Å². The Balaban J connectivity index is 3.04. The average molecular weight is 237 g/mol. The highest BCUT2D eigenvalue weighted by Crippen LogP contribution is 2.24. The molecule has 0 amide bonds. The number of carbonyl (C=O) groups is 1. The maximum atomic E-state index is 11.9. The Hall–Kier alpha value is -1.55. The second-order valence-electron chi connectivity index (χ2n) is 4.09. The number of aromatic hydroxyl groups is 1. The van der Waals surface area contributed by atoms with Gasteiger partial charge in [-0.1, -0.05) is 19.1 Å². The molecule has 0 saturated heterocycles. The first-order valence-electron chi connectivity index (χ1n) is 5.67.